The molecule has 0 radical (unpaired) electrons. The van der Waals surface area contributed by atoms with Crippen LogP contribution in [0.5, 0.6) is 0 Å². The maximum Gasteiger partial charge on any atom is 0.346 e. The Hall–Kier alpha value is -1.78. The summed E-state index contributed by atoms with van der Waals surface area (Å²) < 4.78 is 30.8. The van der Waals surface area contributed by atoms with E-state index in [2.05, 4.69) is 19.4 Å². The number of hydrogen-bond acceptors (Lipinski definition) is 7. The van der Waals surface area contributed by atoms with Crippen molar-refractivity contribution in [3.63, 3.8) is 0 Å². The Labute approximate surface area is 118 Å². The Kier molecular flexibility index (Phi) is 4.16. The first kappa shape index (κ1) is 14.6. The number of hydrogen-bond donors (Lipinski definition) is 2. The van der Waals surface area contributed by atoms with Gasteiger partial charge in [-0.05, 0) is 18.6 Å². The third-order valence-corrected chi connectivity index (χ3v) is 5.56. The van der Waals surface area contributed by atoms with E-state index in [0.717, 1.165) is 17.7 Å². The molecule has 2 aromatic heterocycles. The number of aryl methyl sites for hydroxylation is 1. The number of rotatable bonds is 6. The Morgan fingerprint density at radius 3 is 2.85 bits per heavy atom. The van der Waals surface area contributed by atoms with Crippen LogP contribution in [0.2, 0.25) is 0 Å². The smallest absolute Gasteiger partial charge is 0.346 e. The number of carboxylic acid groups (broad SMARTS) is 1. The van der Waals surface area contributed by atoms with E-state index in [4.69, 9.17) is 5.11 Å². The number of aromatic nitrogens is 2. The van der Waals surface area contributed by atoms with Gasteiger partial charge in [0.05, 0.1) is 0 Å². The van der Waals surface area contributed by atoms with Gasteiger partial charge in [-0.2, -0.15) is 4.98 Å². The van der Waals surface area contributed by atoms with Gasteiger partial charge in [0.25, 0.3) is 0 Å². The normalized spacial score (nSPS) is 11.7. The van der Waals surface area contributed by atoms with Gasteiger partial charge in [-0.3, -0.25) is 0 Å². The SMILES string of the molecule is Cc1cc(S(=O)(=O)NCCc2ncon2)sc1C(=O)O. The average Bonchev–Trinajstić information content (AvgIpc) is 2.98. The minimum absolute atomic E-state index is 0.0172. The lowest BCUT2D eigenvalue weighted by Crippen LogP contribution is -2.25. The number of carboxylic acids is 1. The van der Waals surface area contributed by atoms with E-state index in [1.54, 1.807) is 6.92 Å². The molecule has 2 aromatic rings. The largest absolute Gasteiger partial charge is 0.477 e. The molecular weight excluding hydrogens is 306 g/mol. The van der Waals surface area contributed by atoms with Gasteiger partial charge in [-0.25, -0.2) is 17.9 Å². The third kappa shape index (κ3) is 3.21. The van der Waals surface area contributed by atoms with E-state index in [-0.39, 0.29) is 22.1 Å². The highest BCUT2D eigenvalue weighted by Gasteiger charge is 2.21. The van der Waals surface area contributed by atoms with Crippen LogP contribution >= 0.6 is 11.3 Å². The number of sulfonamides is 1. The molecule has 0 aliphatic heterocycles. The highest BCUT2D eigenvalue weighted by atomic mass is 32.2. The van der Waals surface area contributed by atoms with Gasteiger partial charge in [0.1, 0.15) is 9.09 Å². The molecule has 2 rings (SSSR count). The standard InChI is InChI=1S/C10H11N3O5S2/c1-6-4-8(19-9(6)10(14)15)20(16,17)12-3-2-7-11-5-18-13-7/h4-5,12H,2-3H2,1H3,(H,14,15). The predicted molar refractivity (Wildman–Crippen MR) is 69.2 cm³/mol. The molecule has 2 N–H and O–H groups in total. The lowest BCUT2D eigenvalue weighted by molar-refractivity contribution is 0.0701. The molecule has 0 unspecified atom stereocenters. The van der Waals surface area contributed by atoms with Crippen LogP contribution in [-0.2, 0) is 16.4 Å². The first-order valence-electron chi connectivity index (χ1n) is 5.49. The second-order valence-corrected chi connectivity index (χ2v) is 6.92. The maximum absolute atomic E-state index is 12.0. The van der Waals surface area contributed by atoms with Crippen molar-refractivity contribution in [2.24, 2.45) is 0 Å². The van der Waals surface area contributed by atoms with Gasteiger partial charge in [-0.15, -0.1) is 11.3 Å². The Balaban J connectivity index is 2.06. The zero-order valence-electron chi connectivity index (χ0n) is 10.4. The van der Waals surface area contributed by atoms with E-state index in [1.807, 2.05) is 0 Å². The number of aromatic carboxylic acids is 1. The number of nitrogens with one attached hydrogen (secondary N) is 1. The van der Waals surface area contributed by atoms with E-state index in [0.29, 0.717) is 11.4 Å². The topological polar surface area (TPSA) is 122 Å². The molecule has 0 aromatic carbocycles. The van der Waals surface area contributed by atoms with Gasteiger partial charge < -0.3 is 9.63 Å². The van der Waals surface area contributed by atoms with Crippen LogP contribution in [0.4, 0.5) is 0 Å². The molecule has 0 atom stereocenters. The molecule has 20 heavy (non-hydrogen) atoms. The minimum atomic E-state index is -3.73. The van der Waals surface area contributed by atoms with Gasteiger partial charge >= 0.3 is 5.97 Å². The molecule has 10 heteroatoms. The first-order valence-corrected chi connectivity index (χ1v) is 7.79. The van der Waals surface area contributed by atoms with Crippen LogP contribution in [0, 0.1) is 6.92 Å². The lowest BCUT2D eigenvalue weighted by Gasteiger charge is -2.02. The van der Waals surface area contributed by atoms with Crippen molar-refractivity contribution in [3.8, 4) is 0 Å². The fraction of sp³-hybridized carbons (Fsp3) is 0.300. The summed E-state index contributed by atoms with van der Waals surface area (Å²) in [4.78, 5) is 14.7. The van der Waals surface area contributed by atoms with Crippen molar-refractivity contribution >= 4 is 27.3 Å². The van der Waals surface area contributed by atoms with Gasteiger partial charge in [-0.1, -0.05) is 5.16 Å². The third-order valence-electron chi connectivity index (χ3n) is 2.40. The lowest BCUT2D eigenvalue weighted by atomic mass is 10.3. The molecule has 0 spiro atoms. The highest BCUT2D eigenvalue weighted by Crippen LogP contribution is 2.25. The molecule has 108 valence electrons. The van der Waals surface area contributed by atoms with Crippen LogP contribution in [0.15, 0.2) is 21.2 Å². The molecule has 0 saturated carbocycles. The average molecular weight is 317 g/mol. The monoisotopic (exact) mass is 317 g/mol. The van der Waals surface area contributed by atoms with Crippen LogP contribution in [0.3, 0.4) is 0 Å². The predicted octanol–water partition coefficient (Wildman–Crippen LogP) is 0.659. The summed E-state index contributed by atoms with van der Waals surface area (Å²) in [6.45, 7) is 1.65. The van der Waals surface area contributed by atoms with E-state index >= 15 is 0 Å². The Morgan fingerprint density at radius 2 is 2.30 bits per heavy atom. The van der Waals surface area contributed by atoms with Crippen molar-refractivity contribution in [3.05, 3.63) is 28.7 Å². The van der Waals surface area contributed by atoms with E-state index < -0.39 is 16.0 Å². The van der Waals surface area contributed by atoms with Crippen molar-refractivity contribution in [2.75, 3.05) is 6.54 Å². The van der Waals surface area contributed by atoms with E-state index in [1.165, 1.54) is 6.07 Å². The molecule has 0 amide bonds. The zero-order chi connectivity index (χ0) is 14.8. The van der Waals surface area contributed by atoms with Gasteiger partial charge in [0, 0.05) is 13.0 Å². The minimum Gasteiger partial charge on any atom is -0.477 e. The van der Waals surface area contributed by atoms with Crippen LogP contribution in [0.25, 0.3) is 0 Å². The summed E-state index contributed by atoms with van der Waals surface area (Å²) in [5.41, 5.74) is 0.418. The fourth-order valence-corrected chi connectivity index (χ4v) is 3.92. The highest BCUT2D eigenvalue weighted by molar-refractivity contribution is 7.91. The summed E-state index contributed by atoms with van der Waals surface area (Å²) in [5, 5.41) is 12.5. The van der Waals surface area contributed by atoms with Crippen LogP contribution in [-0.4, -0.2) is 36.2 Å². The second-order valence-electron chi connectivity index (χ2n) is 3.88. The Morgan fingerprint density at radius 1 is 1.55 bits per heavy atom. The summed E-state index contributed by atoms with van der Waals surface area (Å²) in [6, 6.07) is 1.34. The first-order chi connectivity index (χ1) is 9.40. The van der Waals surface area contributed by atoms with Crippen molar-refractivity contribution < 1.29 is 22.8 Å². The van der Waals surface area contributed by atoms with Crippen molar-refractivity contribution in [1.82, 2.24) is 14.9 Å². The second kappa shape index (κ2) is 5.69. The quantitative estimate of drug-likeness (QED) is 0.802. The molecule has 0 aliphatic carbocycles. The molecule has 0 aliphatic rings. The summed E-state index contributed by atoms with van der Waals surface area (Å²) in [6.07, 6.45) is 1.44. The molecule has 0 fully saturated rings. The number of nitrogens with zero attached hydrogens (tertiary/aromatic N) is 2. The molecule has 8 nitrogen and oxygen atoms in total. The van der Waals surface area contributed by atoms with Gasteiger partial charge in [0.15, 0.2) is 5.82 Å². The fourth-order valence-electron chi connectivity index (χ4n) is 1.47. The summed E-state index contributed by atoms with van der Waals surface area (Å²) in [7, 11) is -3.73. The summed E-state index contributed by atoms with van der Waals surface area (Å²) >= 11 is 0.723. The summed E-state index contributed by atoms with van der Waals surface area (Å²) in [5.74, 6) is -0.748. The molecule has 0 bridgehead atoms. The van der Waals surface area contributed by atoms with Crippen molar-refractivity contribution in [1.29, 1.82) is 0 Å². The zero-order valence-corrected chi connectivity index (χ0v) is 12.0. The number of carbonyl (C=O) groups is 1. The number of thiophene rings is 1. The van der Waals surface area contributed by atoms with E-state index in [9.17, 15) is 13.2 Å². The molecule has 0 saturated heterocycles. The van der Waals surface area contributed by atoms with Gasteiger partial charge in [0.2, 0.25) is 16.4 Å². The molecular formula is C10H11N3O5S2. The maximum atomic E-state index is 12.0. The van der Waals surface area contributed by atoms with Crippen molar-refractivity contribution in [2.45, 2.75) is 17.6 Å². The van der Waals surface area contributed by atoms with Crippen LogP contribution in [0.1, 0.15) is 21.1 Å². The molecule has 2 heterocycles. The Bertz CT molecular complexity index is 705. The van der Waals surface area contributed by atoms with Crippen LogP contribution < -0.4 is 4.72 Å².